The molecule has 1 aromatic rings. The Hall–Kier alpha value is -0.860. The third kappa shape index (κ3) is 3.37. The van der Waals surface area contributed by atoms with Gasteiger partial charge in [0.15, 0.2) is 0 Å². The van der Waals surface area contributed by atoms with Crippen molar-refractivity contribution in [2.24, 2.45) is 5.92 Å². The van der Waals surface area contributed by atoms with Crippen molar-refractivity contribution < 1.29 is 9.59 Å². The molecule has 0 spiro atoms. The van der Waals surface area contributed by atoms with Crippen LogP contribution in [0.5, 0.6) is 0 Å². The number of quaternary nitrogens is 1. The van der Waals surface area contributed by atoms with Crippen molar-refractivity contribution >= 4 is 0 Å². The maximum Gasteiger partial charge on any atom is 0.0978 e. The summed E-state index contributed by atoms with van der Waals surface area (Å²) in [5.74, 6) is 0.364. The first-order chi connectivity index (χ1) is 8.81. The molecule has 2 nitrogen and oxygen atoms in total. The largest absolute Gasteiger partial charge is 0.385 e. The fraction of sp³-hybridized carbons (Fsp3) is 0.647. The maximum atomic E-state index is 11.3. The van der Waals surface area contributed by atoms with Gasteiger partial charge in [-0.1, -0.05) is 42.7 Å². The summed E-state index contributed by atoms with van der Waals surface area (Å²) in [7, 11) is 6.64. The summed E-state index contributed by atoms with van der Waals surface area (Å²) in [5, 5.41) is 11.3. The number of hydrogen-bond donors (Lipinski definition) is 1. The van der Waals surface area contributed by atoms with Crippen molar-refractivity contribution in [1.82, 2.24) is 0 Å². The Balaban J connectivity index is 2.31. The molecule has 2 rings (SSSR count). The van der Waals surface area contributed by atoms with Gasteiger partial charge in [0.2, 0.25) is 0 Å². The van der Waals surface area contributed by atoms with Crippen LogP contribution in [0.2, 0.25) is 0 Å². The zero-order chi connectivity index (χ0) is 14.1. The highest BCUT2D eigenvalue weighted by Crippen LogP contribution is 2.42. The SMILES string of the molecule is Cc1cccc([C@@]2(O)CCCC[C@@H]2C[N+](C)(C)C)c1. The minimum Gasteiger partial charge on any atom is -0.385 e. The smallest absolute Gasteiger partial charge is 0.0978 e. The van der Waals surface area contributed by atoms with Crippen molar-refractivity contribution in [1.29, 1.82) is 0 Å². The van der Waals surface area contributed by atoms with Gasteiger partial charge in [0.05, 0.1) is 33.3 Å². The first-order valence-electron chi connectivity index (χ1n) is 7.41. The molecule has 1 aromatic carbocycles. The number of nitrogens with zero attached hydrogens (tertiary/aromatic N) is 1. The number of benzene rings is 1. The summed E-state index contributed by atoms with van der Waals surface area (Å²) in [6.07, 6.45) is 4.43. The van der Waals surface area contributed by atoms with Gasteiger partial charge in [-0.05, 0) is 25.3 Å². The first-order valence-corrected chi connectivity index (χ1v) is 7.41. The van der Waals surface area contributed by atoms with Crippen molar-refractivity contribution in [3.63, 3.8) is 0 Å². The lowest BCUT2D eigenvalue weighted by Gasteiger charge is -2.43. The van der Waals surface area contributed by atoms with Gasteiger partial charge in [0.1, 0.15) is 0 Å². The van der Waals surface area contributed by atoms with E-state index in [4.69, 9.17) is 0 Å². The normalized spacial score (nSPS) is 28.4. The van der Waals surface area contributed by atoms with Crippen LogP contribution in [-0.4, -0.2) is 37.3 Å². The van der Waals surface area contributed by atoms with Crippen molar-refractivity contribution in [2.75, 3.05) is 27.7 Å². The fourth-order valence-corrected chi connectivity index (χ4v) is 3.43. The quantitative estimate of drug-likeness (QED) is 0.830. The van der Waals surface area contributed by atoms with E-state index in [1.165, 1.54) is 12.0 Å². The van der Waals surface area contributed by atoms with E-state index in [-0.39, 0.29) is 0 Å². The Labute approximate surface area is 117 Å². The van der Waals surface area contributed by atoms with Gasteiger partial charge in [-0.2, -0.15) is 0 Å². The number of aryl methyl sites for hydroxylation is 1. The predicted octanol–water partition coefficient (Wildman–Crippen LogP) is 3.08. The van der Waals surface area contributed by atoms with E-state index in [1.807, 2.05) is 0 Å². The third-order valence-corrected chi connectivity index (χ3v) is 4.32. The first kappa shape index (κ1) is 14.5. The second-order valence-electron chi connectivity index (χ2n) is 7.21. The molecule has 0 bridgehead atoms. The van der Waals surface area contributed by atoms with Gasteiger partial charge in [0, 0.05) is 5.92 Å². The molecule has 2 heteroatoms. The predicted molar refractivity (Wildman–Crippen MR) is 79.9 cm³/mol. The van der Waals surface area contributed by atoms with Gasteiger partial charge >= 0.3 is 0 Å². The van der Waals surface area contributed by atoms with Crippen LogP contribution < -0.4 is 0 Å². The monoisotopic (exact) mass is 262 g/mol. The molecule has 0 aromatic heterocycles. The zero-order valence-electron chi connectivity index (χ0n) is 12.8. The summed E-state index contributed by atoms with van der Waals surface area (Å²) >= 11 is 0. The van der Waals surface area contributed by atoms with Gasteiger partial charge in [-0.15, -0.1) is 0 Å². The van der Waals surface area contributed by atoms with Crippen LogP contribution in [0.3, 0.4) is 0 Å². The lowest BCUT2D eigenvalue weighted by atomic mass is 9.71. The van der Waals surface area contributed by atoms with E-state index in [0.717, 1.165) is 35.9 Å². The molecule has 0 unspecified atom stereocenters. The maximum absolute atomic E-state index is 11.3. The highest BCUT2D eigenvalue weighted by Gasteiger charge is 2.42. The van der Waals surface area contributed by atoms with Crippen molar-refractivity contribution in [3.05, 3.63) is 35.4 Å². The molecular weight excluding hydrogens is 234 g/mol. The molecule has 1 N–H and O–H groups in total. The van der Waals surface area contributed by atoms with Gasteiger partial charge in [0.25, 0.3) is 0 Å². The molecule has 0 saturated heterocycles. The number of aliphatic hydroxyl groups is 1. The summed E-state index contributed by atoms with van der Waals surface area (Å²) in [6.45, 7) is 3.13. The Bertz CT molecular complexity index is 435. The molecule has 1 fully saturated rings. The molecule has 1 aliphatic rings. The molecule has 1 saturated carbocycles. The van der Waals surface area contributed by atoms with Gasteiger partial charge in [-0.25, -0.2) is 0 Å². The van der Waals surface area contributed by atoms with Crippen LogP contribution in [0.15, 0.2) is 24.3 Å². The van der Waals surface area contributed by atoms with Crippen LogP contribution in [0, 0.1) is 12.8 Å². The Morgan fingerprint density at radius 2 is 2.00 bits per heavy atom. The van der Waals surface area contributed by atoms with Gasteiger partial charge in [-0.3, -0.25) is 0 Å². The second-order valence-corrected chi connectivity index (χ2v) is 7.21. The Morgan fingerprint density at radius 1 is 1.26 bits per heavy atom. The Kier molecular flexibility index (Phi) is 4.03. The molecule has 0 amide bonds. The molecule has 0 radical (unpaired) electrons. The molecule has 0 heterocycles. The average Bonchev–Trinajstić information content (AvgIpc) is 2.31. The molecular formula is C17H28NO+. The van der Waals surface area contributed by atoms with Crippen LogP contribution in [0.25, 0.3) is 0 Å². The van der Waals surface area contributed by atoms with E-state index >= 15 is 0 Å². The summed E-state index contributed by atoms with van der Waals surface area (Å²) in [6, 6.07) is 8.43. The van der Waals surface area contributed by atoms with E-state index < -0.39 is 5.60 Å². The molecule has 0 aliphatic heterocycles. The minimum absolute atomic E-state index is 0.364. The number of rotatable bonds is 3. The summed E-state index contributed by atoms with van der Waals surface area (Å²) in [5.41, 5.74) is 1.72. The molecule has 1 aliphatic carbocycles. The van der Waals surface area contributed by atoms with Crippen molar-refractivity contribution in [3.8, 4) is 0 Å². The topological polar surface area (TPSA) is 20.2 Å². The molecule has 2 atom stereocenters. The average molecular weight is 262 g/mol. The zero-order valence-corrected chi connectivity index (χ0v) is 12.8. The van der Waals surface area contributed by atoms with Crippen LogP contribution in [0.4, 0.5) is 0 Å². The van der Waals surface area contributed by atoms with Crippen LogP contribution in [-0.2, 0) is 5.60 Å². The van der Waals surface area contributed by atoms with Gasteiger partial charge < -0.3 is 9.59 Å². The highest BCUT2D eigenvalue weighted by atomic mass is 16.3. The standard InChI is InChI=1S/C17H28NO/c1-14-8-7-10-15(12-14)17(19)11-6-5-9-16(17)13-18(2,3)4/h7-8,10,12,16,19H,5-6,9,11,13H2,1-4H3/q+1/t16-,17+/m1/s1. The lowest BCUT2D eigenvalue weighted by molar-refractivity contribution is -0.875. The second kappa shape index (κ2) is 5.26. The fourth-order valence-electron chi connectivity index (χ4n) is 3.43. The van der Waals surface area contributed by atoms with E-state index in [0.29, 0.717) is 5.92 Å². The summed E-state index contributed by atoms with van der Waals surface area (Å²) < 4.78 is 0.915. The molecule has 19 heavy (non-hydrogen) atoms. The van der Waals surface area contributed by atoms with Crippen LogP contribution >= 0.6 is 0 Å². The third-order valence-electron chi connectivity index (χ3n) is 4.32. The van der Waals surface area contributed by atoms with E-state index in [1.54, 1.807) is 0 Å². The minimum atomic E-state index is -0.629. The highest BCUT2D eigenvalue weighted by molar-refractivity contribution is 5.28. The number of hydrogen-bond acceptors (Lipinski definition) is 1. The molecule has 106 valence electrons. The summed E-state index contributed by atoms with van der Waals surface area (Å²) in [4.78, 5) is 0. The van der Waals surface area contributed by atoms with Crippen molar-refractivity contribution in [2.45, 2.75) is 38.2 Å². The van der Waals surface area contributed by atoms with E-state index in [2.05, 4.69) is 52.3 Å². The van der Waals surface area contributed by atoms with E-state index in [9.17, 15) is 5.11 Å². The Morgan fingerprint density at radius 3 is 2.63 bits per heavy atom. The van der Waals surface area contributed by atoms with Crippen LogP contribution in [0.1, 0.15) is 36.8 Å². The lowest BCUT2D eigenvalue weighted by Crippen LogP contribution is -2.48.